The number of benzene rings is 1. The first-order valence-electron chi connectivity index (χ1n) is 12.5. The third-order valence-electron chi connectivity index (χ3n) is 7.66. The molecular formula is C26H30F3N5O3. The summed E-state index contributed by atoms with van der Waals surface area (Å²) in [6.45, 7) is 0.0768. The molecule has 2 N–H and O–H groups in total. The number of alkyl halides is 3. The van der Waals surface area contributed by atoms with Gasteiger partial charge in [-0.15, -0.1) is 0 Å². The van der Waals surface area contributed by atoms with Crippen molar-refractivity contribution in [3.8, 4) is 0 Å². The minimum absolute atomic E-state index is 0.0739. The summed E-state index contributed by atoms with van der Waals surface area (Å²) < 4.78 is 40.6. The Hall–Kier alpha value is -3.18. The number of carbonyl (C=O) groups is 1. The molecule has 2 fully saturated rings. The molecule has 5 rings (SSSR count). The maximum absolute atomic E-state index is 13.6. The van der Waals surface area contributed by atoms with E-state index in [2.05, 4.69) is 9.97 Å². The average molecular weight is 518 g/mol. The van der Waals surface area contributed by atoms with Crippen molar-refractivity contribution in [3.05, 3.63) is 64.8 Å². The molecule has 2 aliphatic heterocycles. The summed E-state index contributed by atoms with van der Waals surface area (Å²) in [6, 6.07) is 10.9. The first-order chi connectivity index (χ1) is 17.6. The molecule has 11 heteroatoms. The van der Waals surface area contributed by atoms with E-state index in [1.165, 1.54) is 15.8 Å². The van der Waals surface area contributed by atoms with Gasteiger partial charge in [0, 0.05) is 37.7 Å². The van der Waals surface area contributed by atoms with Gasteiger partial charge in [-0.3, -0.25) is 19.1 Å². The number of nitrogens with one attached hydrogen (secondary N) is 1. The Balaban J connectivity index is 1.27. The number of amides is 1. The Morgan fingerprint density at radius 3 is 2.57 bits per heavy atom. The zero-order valence-electron chi connectivity index (χ0n) is 20.3. The van der Waals surface area contributed by atoms with Gasteiger partial charge in [0.1, 0.15) is 5.65 Å². The Morgan fingerprint density at radius 1 is 1.14 bits per heavy atom. The molecule has 4 heterocycles. The van der Waals surface area contributed by atoms with Crippen LogP contribution in [0.25, 0.3) is 11.0 Å². The monoisotopic (exact) mass is 517 g/mol. The summed E-state index contributed by atoms with van der Waals surface area (Å²) in [7, 11) is 0. The summed E-state index contributed by atoms with van der Waals surface area (Å²) in [5, 5.41) is 11.7. The van der Waals surface area contributed by atoms with E-state index in [0.717, 1.165) is 5.56 Å². The zero-order chi connectivity index (χ0) is 26.2. The molecule has 0 spiro atoms. The second-order valence-electron chi connectivity index (χ2n) is 10.2. The van der Waals surface area contributed by atoms with Gasteiger partial charge in [-0.1, -0.05) is 30.3 Å². The number of rotatable bonds is 5. The molecule has 2 atom stereocenters. The summed E-state index contributed by atoms with van der Waals surface area (Å²) in [4.78, 5) is 36.5. The highest BCUT2D eigenvalue weighted by Crippen LogP contribution is 2.36. The highest BCUT2D eigenvalue weighted by molar-refractivity contribution is 5.80. The van der Waals surface area contributed by atoms with E-state index >= 15 is 0 Å². The number of aliphatic hydroxyl groups is 1. The molecule has 198 valence electrons. The van der Waals surface area contributed by atoms with E-state index in [-0.39, 0.29) is 37.0 Å². The number of aromatic amines is 1. The van der Waals surface area contributed by atoms with Gasteiger partial charge < -0.3 is 15.0 Å². The summed E-state index contributed by atoms with van der Waals surface area (Å²) >= 11 is 0. The zero-order valence-corrected chi connectivity index (χ0v) is 20.3. The van der Waals surface area contributed by atoms with Crippen molar-refractivity contribution in [1.82, 2.24) is 24.3 Å². The van der Waals surface area contributed by atoms with Gasteiger partial charge in [0.15, 0.2) is 0 Å². The third-order valence-corrected chi connectivity index (χ3v) is 7.66. The lowest BCUT2D eigenvalue weighted by Gasteiger charge is -2.43. The van der Waals surface area contributed by atoms with Crippen LogP contribution in [0.1, 0.15) is 30.7 Å². The van der Waals surface area contributed by atoms with Crippen LogP contribution in [-0.4, -0.2) is 79.8 Å². The highest BCUT2D eigenvalue weighted by atomic mass is 19.4. The van der Waals surface area contributed by atoms with Gasteiger partial charge in [-0.25, -0.2) is 4.98 Å². The fraction of sp³-hybridized carbons (Fsp3) is 0.500. The number of fused-ring (bicyclic) bond motifs is 1. The molecule has 8 nitrogen and oxygen atoms in total. The normalized spacial score (nSPS) is 22.9. The number of halogens is 3. The molecule has 0 unspecified atom stereocenters. The summed E-state index contributed by atoms with van der Waals surface area (Å²) in [6.07, 6.45) is -0.321. The van der Waals surface area contributed by atoms with Crippen LogP contribution in [0.15, 0.2) is 53.7 Å². The molecule has 1 amide bonds. The first kappa shape index (κ1) is 25.5. The lowest BCUT2D eigenvalue weighted by molar-refractivity contribution is -0.153. The number of nitrogens with zero attached hydrogens (tertiary/aromatic N) is 4. The van der Waals surface area contributed by atoms with Crippen molar-refractivity contribution in [1.29, 1.82) is 0 Å². The van der Waals surface area contributed by atoms with Gasteiger partial charge in [0.2, 0.25) is 5.91 Å². The van der Waals surface area contributed by atoms with Crippen molar-refractivity contribution in [2.24, 2.45) is 5.92 Å². The van der Waals surface area contributed by atoms with Crippen molar-refractivity contribution in [2.75, 3.05) is 32.7 Å². The van der Waals surface area contributed by atoms with Crippen molar-refractivity contribution >= 4 is 16.9 Å². The number of hydrogen-bond acceptors (Lipinski definition) is 5. The van der Waals surface area contributed by atoms with Crippen LogP contribution < -0.4 is 5.56 Å². The molecule has 37 heavy (non-hydrogen) atoms. The van der Waals surface area contributed by atoms with Crippen molar-refractivity contribution < 1.29 is 23.1 Å². The Kier molecular flexibility index (Phi) is 6.84. The first-order valence-corrected chi connectivity index (χ1v) is 12.5. The van der Waals surface area contributed by atoms with E-state index in [1.807, 2.05) is 30.3 Å². The molecule has 0 bridgehead atoms. The Morgan fingerprint density at radius 2 is 1.86 bits per heavy atom. The number of H-pyrrole nitrogens is 1. The molecule has 0 aliphatic carbocycles. The molecule has 0 radical (unpaired) electrons. The molecule has 0 saturated carbocycles. The van der Waals surface area contributed by atoms with Crippen LogP contribution in [0, 0.1) is 5.92 Å². The fourth-order valence-corrected chi connectivity index (χ4v) is 5.69. The van der Waals surface area contributed by atoms with Crippen LogP contribution in [0.2, 0.25) is 0 Å². The van der Waals surface area contributed by atoms with Crippen LogP contribution in [0.4, 0.5) is 13.2 Å². The topological polar surface area (TPSA) is 94.5 Å². The largest absolute Gasteiger partial charge is 0.401 e. The maximum atomic E-state index is 13.6. The lowest BCUT2D eigenvalue weighted by atomic mass is 9.79. The van der Waals surface area contributed by atoms with Gasteiger partial charge in [0.25, 0.3) is 5.56 Å². The molecular weight excluding hydrogens is 487 g/mol. The van der Waals surface area contributed by atoms with Crippen LogP contribution in [0.5, 0.6) is 0 Å². The predicted molar refractivity (Wildman–Crippen MR) is 131 cm³/mol. The van der Waals surface area contributed by atoms with Crippen molar-refractivity contribution in [2.45, 2.75) is 43.5 Å². The predicted octanol–water partition coefficient (Wildman–Crippen LogP) is 2.75. The smallest absolute Gasteiger partial charge is 0.388 e. The van der Waals surface area contributed by atoms with Gasteiger partial charge in [0.05, 0.1) is 30.4 Å². The number of aromatic nitrogens is 3. The minimum Gasteiger partial charge on any atom is -0.388 e. The third kappa shape index (κ3) is 5.57. The SMILES string of the molecule is O=C([C@@H]1CCN(CC(F)(F)F)C[C@H]1c1ccccc1)N1CCC(O)(Cn2cnc3[nH]ccc3c2=O)CC1. The molecule has 1 aromatic carbocycles. The molecule has 3 aromatic rings. The average Bonchev–Trinajstić information content (AvgIpc) is 3.35. The molecule has 2 aliphatic rings. The van der Waals surface area contributed by atoms with E-state index < -0.39 is 24.2 Å². The van der Waals surface area contributed by atoms with Gasteiger partial charge in [-0.05, 0) is 37.4 Å². The van der Waals surface area contributed by atoms with Crippen molar-refractivity contribution in [3.63, 3.8) is 0 Å². The second-order valence-corrected chi connectivity index (χ2v) is 10.2. The highest BCUT2D eigenvalue weighted by Gasteiger charge is 2.42. The lowest BCUT2D eigenvalue weighted by Crippen LogP contribution is -2.53. The number of carbonyl (C=O) groups excluding carboxylic acids is 1. The molecule has 2 saturated heterocycles. The van der Waals surface area contributed by atoms with Gasteiger partial charge >= 0.3 is 6.18 Å². The number of likely N-dealkylation sites (tertiary alicyclic amines) is 2. The summed E-state index contributed by atoms with van der Waals surface area (Å²) in [5.74, 6) is -0.862. The van der Waals surface area contributed by atoms with E-state index in [0.29, 0.717) is 43.4 Å². The maximum Gasteiger partial charge on any atom is 0.401 e. The second kappa shape index (κ2) is 9.94. The summed E-state index contributed by atoms with van der Waals surface area (Å²) in [5.41, 5.74) is -0.0630. The standard InChI is InChI=1S/C26H30F3N5O3/c27-26(28,29)16-32-11-7-19(21(14-32)18-4-2-1-3-5-18)23(35)33-12-8-25(37,9-13-33)15-34-17-31-22-20(24(34)36)6-10-30-22/h1-6,10,17,19,21,30,37H,7-9,11-16H2/t19-,21+/m1/s1. The van der Waals surface area contributed by atoms with E-state index in [4.69, 9.17) is 0 Å². The van der Waals surface area contributed by atoms with Crippen LogP contribution >= 0.6 is 0 Å². The number of hydrogen-bond donors (Lipinski definition) is 2. The number of piperidine rings is 2. The Labute approximate surface area is 211 Å². The van der Waals surface area contributed by atoms with Gasteiger partial charge in [-0.2, -0.15) is 13.2 Å². The van der Waals surface area contributed by atoms with Crippen LogP contribution in [-0.2, 0) is 11.3 Å². The quantitative estimate of drug-likeness (QED) is 0.543. The van der Waals surface area contributed by atoms with Crippen LogP contribution in [0.3, 0.4) is 0 Å². The molecule has 2 aromatic heterocycles. The van der Waals surface area contributed by atoms with E-state index in [9.17, 15) is 27.9 Å². The Bertz CT molecular complexity index is 1300. The minimum atomic E-state index is -4.29. The fourth-order valence-electron chi connectivity index (χ4n) is 5.69. The van der Waals surface area contributed by atoms with E-state index in [1.54, 1.807) is 17.2 Å².